The molecule has 2 rings (SSSR count). The van der Waals surface area contributed by atoms with Gasteiger partial charge in [-0.15, -0.1) is 0 Å². The molecule has 0 spiro atoms. The van der Waals surface area contributed by atoms with Crippen molar-refractivity contribution in [3.63, 3.8) is 0 Å². The second kappa shape index (κ2) is 10.3. The first-order valence-corrected chi connectivity index (χ1v) is 10.8. The van der Waals surface area contributed by atoms with Crippen molar-refractivity contribution in [3.8, 4) is 11.5 Å². The number of ether oxygens (including phenoxy) is 3. The van der Waals surface area contributed by atoms with Crippen LogP contribution in [-0.4, -0.2) is 25.0 Å². The molecule has 30 heavy (non-hydrogen) atoms. The highest BCUT2D eigenvalue weighted by Gasteiger charge is 2.31. The van der Waals surface area contributed by atoms with Crippen LogP contribution in [0, 0.1) is 12.3 Å². The third kappa shape index (κ3) is 8.00. The van der Waals surface area contributed by atoms with Gasteiger partial charge in [-0.05, 0) is 74.8 Å². The van der Waals surface area contributed by atoms with Gasteiger partial charge < -0.3 is 19.9 Å². The minimum atomic E-state index is -0.352. The highest BCUT2D eigenvalue weighted by Crippen LogP contribution is 2.41. The molecule has 166 valence electrons. The van der Waals surface area contributed by atoms with E-state index in [9.17, 15) is 0 Å². The summed E-state index contributed by atoms with van der Waals surface area (Å²) >= 11 is 0. The fraction of sp³-hybridized carbons (Fsp3) is 0.538. The summed E-state index contributed by atoms with van der Waals surface area (Å²) in [5.41, 5.74) is 8.66. The second-order valence-electron chi connectivity index (χ2n) is 9.85. The highest BCUT2D eigenvalue weighted by molar-refractivity contribution is 5.38. The molecule has 0 aliphatic carbocycles. The molecule has 2 aromatic carbocycles. The first-order valence-electron chi connectivity index (χ1n) is 10.8. The van der Waals surface area contributed by atoms with Crippen LogP contribution in [0.15, 0.2) is 48.5 Å². The molecule has 0 saturated carbocycles. The molecule has 0 heterocycles. The molecule has 0 aromatic heterocycles. The quantitative estimate of drug-likeness (QED) is 0.379. The molecule has 0 saturated heterocycles. The van der Waals surface area contributed by atoms with E-state index in [2.05, 4.69) is 53.7 Å². The summed E-state index contributed by atoms with van der Waals surface area (Å²) in [5, 5.41) is 0. The number of aryl methyl sites for hydroxylation is 1. The van der Waals surface area contributed by atoms with Crippen LogP contribution in [0.5, 0.6) is 11.5 Å². The molecular formula is C26H39NO3. The number of rotatable bonds is 10. The topological polar surface area (TPSA) is 53.7 Å². The molecule has 2 N–H and O–H groups in total. The van der Waals surface area contributed by atoms with Crippen LogP contribution in [0.1, 0.15) is 65.0 Å². The summed E-state index contributed by atoms with van der Waals surface area (Å²) in [4.78, 5) is 0. The van der Waals surface area contributed by atoms with Crippen molar-refractivity contribution in [3.05, 3.63) is 59.7 Å². The summed E-state index contributed by atoms with van der Waals surface area (Å²) in [5.74, 6) is 2.05. The molecule has 0 bridgehead atoms. The van der Waals surface area contributed by atoms with Gasteiger partial charge in [0, 0.05) is 5.54 Å². The predicted octanol–water partition coefficient (Wildman–Crippen LogP) is 6.07. The Balaban J connectivity index is 1.93. The van der Waals surface area contributed by atoms with Gasteiger partial charge in [0.15, 0.2) is 6.29 Å². The summed E-state index contributed by atoms with van der Waals surface area (Å²) < 4.78 is 17.4. The van der Waals surface area contributed by atoms with Crippen LogP contribution in [-0.2, 0) is 4.74 Å². The first kappa shape index (κ1) is 24.2. The summed E-state index contributed by atoms with van der Waals surface area (Å²) in [6.07, 6.45) is 0.576. The van der Waals surface area contributed by atoms with E-state index in [1.54, 1.807) is 0 Å². The second-order valence-corrected chi connectivity index (χ2v) is 9.85. The van der Waals surface area contributed by atoms with Gasteiger partial charge in [-0.1, -0.05) is 51.1 Å². The van der Waals surface area contributed by atoms with Crippen LogP contribution in [0.4, 0.5) is 0 Å². The monoisotopic (exact) mass is 413 g/mol. The Labute approximate surface area is 182 Å². The van der Waals surface area contributed by atoms with Crippen molar-refractivity contribution in [1.29, 1.82) is 0 Å². The lowest BCUT2D eigenvalue weighted by Gasteiger charge is -2.36. The average molecular weight is 414 g/mol. The zero-order chi connectivity index (χ0) is 22.4. The van der Waals surface area contributed by atoms with Gasteiger partial charge in [0.1, 0.15) is 18.1 Å². The lowest BCUT2D eigenvalue weighted by Crippen LogP contribution is -2.37. The molecular weight excluding hydrogens is 374 g/mol. The van der Waals surface area contributed by atoms with Crippen molar-refractivity contribution in [2.45, 2.75) is 72.6 Å². The van der Waals surface area contributed by atoms with Gasteiger partial charge in [0.2, 0.25) is 0 Å². The number of hydrogen-bond donors (Lipinski definition) is 1. The Kier molecular flexibility index (Phi) is 8.34. The van der Waals surface area contributed by atoms with E-state index in [4.69, 9.17) is 19.9 Å². The predicted molar refractivity (Wildman–Crippen MR) is 124 cm³/mol. The Bertz CT molecular complexity index is 775. The molecule has 4 heteroatoms. The van der Waals surface area contributed by atoms with E-state index in [1.807, 2.05) is 43.3 Å². The van der Waals surface area contributed by atoms with E-state index in [0.717, 1.165) is 23.5 Å². The van der Waals surface area contributed by atoms with E-state index < -0.39 is 0 Å². The summed E-state index contributed by atoms with van der Waals surface area (Å²) in [6.45, 7) is 15.9. The Morgan fingerprint density at radius 2 is 1.60 bits per heavy atom. The molecule has 2 aromatic rings. The first-order chi connectivity index (χ1) is 14.0. The number of hydrogen-bond acceptors (Lipinski definition) is 4. The van der Waals surface area contributed by atoms with Gasteiger partial charge in [-0.2, -0.15) is 0 Å². The van der Waals surface area contributed by atoms with Gasteiger partial charge in [0.05, 0.1) is 6.61 Å². The maximum Gasteiger partial charge on any atom is 0.197 e. The van der Waals surface area contributed by atoms with Gasteiger partial charge in [-0.25, -0.2) is 0 Å². The van der Waals surface area contributed by atoms with Crippen LogP contribution < -0.4 is 15.2 Å². The van der Waals surface area contributed by atoms with E-state index in [-0.39, 0.29) is 17.2 Å². The van der Waals surface area contributed by atoms with E-state index in [1.165, 1.54) is 5.56 Å². The third-order valence-corrected chi connectivity index (χ3v) is 5.12. The molecule has 0 aliphatic heterocycles. The average Bonchev–Trinajstić information content (AvgIpc) is 2.64. The Morgan fingerprint density at radius 1 is 0.933 bits per heavy atom. The molecule has 0 amide bonds. The maximum absolute atomic E-state index is 6.35. The lowest BCUT2D eigenvalue weighted by molar-refractivity contribution is -0.0742. The maximum atomic E-state index is 6.35. The fourth-order valence-corrected chi connectivity index (χ4v) is 3.57. The van der Waals surface area contributed by atoms with Gasteiger partial charge in [0.25, 0.3) is 0 Å². The molecule has 0 radical (unpaired) electrons. The van der Waals surface area contributed by atoms with Crippen molar-refractivity contribution < 1.29 is 14.2 Å². The zero-order valence-corrected chi connectivity index (χ0v) is 19.7. The molecule has 2 unspecified atom stereocenters. The van der Waals surface area contributed by atoms with Gasteiger partial charge in [-0.3, -0.25) is 0 Å². The van der Waals surface area contributed by atoms with Crippen LogP contribution >= 0.6 is 0 Å². The Hall–Kier alpha value is -2.04. The number of benzene rings is 2. The van der Waals surface area contributed by atoms with E-state index >= 15 is 0 Å². The van der Waals surface area contributed by atoms with E-state index in [0.29, 0.717) is 19.1 Å². The number of para-hydroxylation sites is 1. The van der Waals surface area contributed by atoms with Crippen molar-refractivity contribution in [1.82, 2.24) is 0 Å². The number of nitrogens with two attached hydrogens (primary N) is 1. The van der Waals surface area contributed by atoms with Crippen molar-refractivity contribution in [2.24, 2.45) is 11.1 Å². The SMILES string of the molecule is Cc1cc(C(CC(C)(C)N)C(C)(C)C)ccc1OC(C)OCCOc1ccccc1. The van der Waals surface area contributed by atoms with Crippen molar-refractivity contribution >= 4 is 0 Å². The lowest BCUT2D eigenvalue weighted by atomic mass is 9.71. The fourth-order valence-electron chi connectivity index (χ4n) is 3.57. The zero-order valence-electron chi connectivity index (χ0n) is 19.7. The highest BCUT2D eigenvalue weighted by atomic mass is 16.7. The van der Waals surface area contributed by atoms with Crippen LogP contribution in [0.25, 0.3) is 0 Å². The van der Waals surface area contributed by atoms with Crippen LogP contribution in [0.2, 0.25) is 0 Å². The van der Waals surface area contributed by atoms with Crippen LogP contribution in [0.3, 0.4) is 0 Å². The van der Waals surface area contributed by atoms with Gasteiger partial charge >= 0.3 is 0 Å². The minimum Gasteiger partial charge on any atom is -0.491 e. The van der Waals surface area contributed by atoms with Crippen molar-refractivity contribution in [2.75, 3.05) is 13.2 Å². The summed E-state index contributed by atoms with van der Waals surface area (Å²) in [7, 11) is 0. The molecule has 0 fully saturated rings. The Morgan fingerprint density at radius 3 is 2.17 bits per heavy atom. The normalized spacial score (nSPS) is 14.3. The largest absolute Gasteiger partial charge is 0.491 e. The third-order valence-electron chi connectivity index (χ3n) is 5.12. The minimum absolute atomic E-state index is 0.126. The smallest absolute Gasteiger partial charge is 0.197 e. The molecule has 4 nitrogen and oxygen atoms in total. The summed E-state index contributed by atoms with van der Waals surface area (Å²) in [6, 6.07) is 16.2. The molecule has 2 atom stereocenters. The molecule has 0 aliphatic rings. The standard InChI is InChI=1S/C26H39NO3/c1-19-17-21(23(25(3,4)5)18-26(6,7)27)13-14-24(19)30-20(2)28-15-16-29-22-11-9-8-10-12-22/h8-14,17,20,23H,15-16,18,27H2,1-7H3.